The standard InChI is InChI=1S/C21H22FNO2/c1-21(2,3)17-12-10-16(11-13-17)20(24)23-14-6-7-15-25-19-9-5-4-8-18(19)22/h4-5,8-13H,14-15H2,1-3H3,(H,23,24). The number of benzene rings is 2. The van der Waals surface area contributed by atoms with E-state index in [9.17, 15) is 9.18 Å². The molecule has 0 radical (unpaired) electrons. The maximum atomic E-state index is 13.3. The summed E-state index contributed by atoms with van der Waals surface area (Å²) in [6.07, 6.45) is 0. The van der Waals surface area contributed by atoms with Crippen molar-refractivity contribution in [3.63, 3.8) is 0 Å². The summed E-state index contributed by atoms with van der Waals surface area (Å²) < 4.78 is 18.5. The third-order valence-electron chi connectivity index (χ3n) is 3.61. The van der Waals surface area contributed by atoms with Crippen LogP contribution in [0.4, 0.5) is 4.39 Å². The topological polar surface area (TPSA) is 38.3 Å². The Balaban J connectivity index is 1.78. The van der Waals surface area contributed by atoms with Gasteiger partial charge in [0.25, 0.3) is 5.91 Å². The van der Waals surface area contributed by atoms with Gasteiger partial charge in [0.2, 0.25) is 0 Å². The summed E-state index contributed by atoms with van der Waals surface area (Å²) >= 11 is 0. The molecule has 130 valence electrons. The summed E-state index contributed by atoms with van der Waals surface area (Å²) in [6.45, 7) is 6.65. The minimum atomic E-state index is -0.420. The minimum Gasteiger partial charge on any atom is -0.478 e. The molecule has 2 rings (SSSR count). The number of hydrogen-bond donors (Lipinski definition) is 1. The fourth-order valence-electron chi connectivity index (χ4n) is 2.14. The maximum Gasteiger partial charge on any atom is 0.252 e. The van der Waals surface area contributed by atoms with E-state index in [4.69, 9.17) is 4.74 Å². The molecule has 0 heterocycles. The molecule has 0 bridgehead atoms. The molecule has 0 aliphatic rings. The van der Waals surface area contributed by atoms with Gasteiger partial charge >= 0.3 is 0 Å². The lowest BCUT2D eigenvalue weighted by Crippen LogP contribution is -2.23. The summed E-state index contributed by atoms with van der Waals surface area (Å²) in [5, 5.41) is 2.73. The Labute approximate surface area is 148 Å². The van der Waals surface area contributed by atoms with Crippen LogP contribution < -0.4 is 10.1 Å². The Bertz CT molecular complexity index is 780. The summed E-state index contributed by atoms with van der Waals surface area (Å²) in [4.78, 5) is 12.0. The number of ether oxygens (including phenoxy) is 1. The highest BCUT2D eigenvalue weighted by molar-refractivity contribution is 5.94. The second-order valence-corrected chi connectivity index (χ2v) is 6.58. The lowest BCUT2D eigenvalue weighted by molar-refractivity contribution is 0.0958. The molecule has 0 spiro atoms. The first kappa shape index (κ1) is 18.5. The van der Waals surface area contributed by atoms with Crippen molar-refractivity contribution in [1.29, 1.82) is 0 Å². The number of halogens is 1. The van der Waals surface area contributed by atoms with Crippen LogP contribution in [0.15, 0.2) is 48.5 Å². The van der Waals surface area contributed by atoms with Crippen LogP contribution >= 0.6 is 0 Å². The molecule has 0 unspecified atom stereocenters. The summed E-state index contributed by atoms with van der Waals surface area (Å²) in [6, 6.07) is 13.7. The van der Waals surface area contributed by atoms with Crippen LogP contribution in [-0.2, 0) is 5.41 Å². The van der Waals surface area contributed by atoms with Crippen molar-refractivity contribution in [2.24, 2.45) is 0 Å². The average Bonchev–Trinajstić information content (AvgIpc) is 2.58. The minimum absolute atomic E-state index is 0.0543. The van der Waals surface area contributed by atoms with Crippen molar-refractivity contribution in [3.05, 3.63) is 65.5 Å². The normalized spacial score (nSPS) is 10.6. The van der Waals surface area contributed by atoms with E-state index in [1.165, 1.54) is 11.6 Å². The van der Waals surface area contributed by atoms with Gasteiger partial charge in [-0.25, -0.2) is 4.39 Å². The molecule has 0 atom stereocenters. The Morgan fingerprint density at radius 2 is 1.76 bits per heavy atom. The molecule has 0 aliphatic heterocycles. The lowest BCUT2D eigenvalue weighted by Gasteiger charge is -2.18. The SMILES string of the molecule is CC(C)(C)c1ccc(C(=O)NCC#CCOc2ccccc2F)cc1. The smallest absolute Gasteiger partial charge is 0.252 e. The second-order valence-electron chi connectivity index (χ2n) is 6.58. The van der Waals surface area contributed by atoms with Crippen LogP contribution in [0.3, 0.4) is 0 Å². The number of carbonyl (C=O) groups is 1. The van der Waals surface area contributed by atoms with E-state index in [1.54, 1.807) is 18.2 Å². The highest BCUT2D eigenvalue weighted by Crippen LogP contribution is 2.22. The number of amides is 1. The number of nitrogens with one attached hydrogen (secondary N) is 1. The molecule has 3 nitrogen and oxygen atoms in total. The van der Waals surface area contributed by atoms with Crippen molar-refractivity contribution < 1.29 is 13.9 Å². The van der Waals surface area contributed by atoms with Gasteiger partial charge in [0, 0.05) is 5.56 Å². The highest BCUT2D eigenvalue weighted by atomic mass is 19.1. The van der Waals surface area contributed by atoms with Gasteiger partial charge in [-0.2, -0.15) is 0 Å². The van der Waals surface area contributed by atoms with E-state index in [0.717, 1.165) is 0 Å². The first-order valence-corrected chi connectivity index (χ1v) is 8.10. The molecule has 2 aromatic rings. The summed E-state index contributed by atoms with van der Waals surface area (Å²) in [5.41, 5.74) is 1.82. The van der Waals surface area contributed by atoms with E-state index in [1.807, 2.05) is 24.3 Å². The van der Waals surface area contributed by atoms with Gasteiger partial charge in [-0.3, -0.25) is 4.79 Å². The number of para-hydroxylation sites is 1. The molecule has 0 saturated carbocycles. The molecule has 0 fully saturated rings. The van der Waals surface area contributed by atoms with E-state index in [-0.39, 0.29) is 30.2 Å². The Morgan fingerprint density at radius 3 is 2.40 bits per heavy atom. The molecule has 2 aromatic carbocycles. The molecular formula is C21H22FNO2. The first-order valence-electron chi connectivity index (χ1n) is 8.10. The number of hydrogen-bond acceptors (Lipinski definition) is 2. The van der Waals surface area contributed by atoms with Gasteiger partial charge < -0.3 is 10.1 Å². The molecule has 1 amide bonds. The zero-order valence-corrected chi connectivity index (χ0v) is 14.7. The van der Waals surface area contributed by atoms with Crippen LogP contribution in [0.1, 0.15) is 36.7 Å². The Hall–Kier alpha value is -2.80. The molecule has 0 aliphatic carbocycles. The predicted molar refractivity (Wildman–Crippen MR) is 97.1 cm³/mol. The summed E-state index contributed by atoms with van der Waals surface area (Å²) in [5.74, 6) is 5.10. The molecule has 1 N–H and O–H groups in total. The van der Waals surface area contributed by atoms with E-state index in [0.29, 0.717) is 5.56 Å². The average molecular weight is 339 g/mol. The van der Waals surface area contributed by atoms with Crippen LogP contribution in [0, 0.1) is 17.7 Å². The third-order valence-corrected chi connectivity index (χ3v) is 3.61. The van der Waals surface area contributed by atoms with Crippen molar-refractivity contribution >= 4 is 5.91 Å². The fourth-order valence-corrected chi connectivity index (χ4v) is 2.14. The quantitative estimate of drug-likeness (QED) is 0.857. The molecule has 25 heavy (non-hydrogen) atoms. The summed E-state index contributed by atoms with van der Waals surface area (Å²) in [7, 11) is 0. The molecule has 0 aromatic heterocycles. The van der Waals surface area contributed by atoms with Crippen LogP contribution in [0.25, 0.3) is 0 Å². The first-order chi connectivity index (χ1) is 11.9. The molecule has 4 heteroatoms. The third kappa shape index (κ3) is 5.65. The fraction of sp³-hybridized carbons (Fsp3) is 0.286. The van der Waals surface area contributed by atoms with Crippen LogP contribution in [0.5, 0.6) is 5.75 Å². The maximum absolute atomic E-state index is 13.3. The van der Waals surface area contributed by atoms with Gasteiger partial charge in [-0.15, -0.1) is 0 Å². The lowest BCUT2D eigenvalue weighted by atomic mass is 9.87. The largest absolute Gasteiger partial charge is 0.478 e. The van der Waals surface area contributed by atoms with Crippen LogP contribution in [-0.4, -0.2) is 19.1 Å². The molecule has 0 saturated heterocycles. The van der Waals surface area contributed by atoms with Crippen molar-refractivity contribution in [1.82, 2.24) is 5.32 Å². The van der Waals surface area contributed by atoms with Gasteiger partial charge in [-0.1, -0.05) is 56.9 Å². The van der Waals surface area contributed by atoms with Gasteiger partial charge in [0.1, 0.15) is 6.61 Å². The predicted octanol–water partition coefficient (Wildman–Crippen LogP) is 3.94. The van der Waals surface area contributed by atoms with Crippen LogP contribution in [0.2, 0.25) is 0 Å². The van der Waals surface area contributed by atoms with E-state index >= 15 is 0 Å². The van der Waals surface area contributed by atoms with E-state index < -0.39 is 5.82 Å². The number of carbonyl (C=O) groups excluding carboxylic acids is 1. The van der Waals surface area contributed by atoms with Gasteiger partial charge in [0.15, 0.2) is 11.6 Å². The second kappa shape index (κ2) is 8.34. The zero-order valence-electron chi connectivity index (χ0n) is 14.7. The Kier molecular flexibility index (Phi) is 6.19. The highest BCUT2D eigenvalue weighted by Gasteiger charge is 2.13. The monoisotopic (exact) mass is 339 g/mol. The van der Waals surface area contributed by atoms with Crippen molar-refractivity contribution in [2.75, 3.05) is 13.2 Å². The Morgan fingerprint density at radius 1 is 1.08 bits per heavy atom. The van der Waals surface area contributed by atoms with E-state index in [2.05, 4.69) is 37.9 Å². The van der Waals surface area contributed by atoms with Crippen molar-refractivity contribution in [3.8, 4) is 17.6 Å². The number of rotatable bonds is 4. The van der Waals surface area contributed by atoms with Gasteiger partial charge in [0.05, 0.1) is 6.54 Å². The molecular weight excluding hydrogens is 317 g/mol. The zero-order chi connectivity index (χ0) is 18.3. The van der Waals surface area contributed by atoms with Crippen molar-refractivity contribution in [2.45, 2.75) is 26.2 Å². The van der Waals surface area contributed by atoms with Gasteiger partial charge in [-0.05, 0) is 35.2 Å².